The van der Waals surface area contributed by atoms with Crippen LogP contribution in [0.3, 0.4) is 0 Å². The van der Waals surface area contributed by atoms with Gasteiger partial charge in [0, 0.05) is 12.1 Å². The van der Waals surface area contributed by atoms with Crippen molar-refractivity contribution in [1.29, 1.82) is 0 Å². The topological polar surface area (TPSA) is 98.5 Å². The van der Waals surface area contributed by atoms with Gasteiger partial charge in [-0.3, -0.25) is 14.9 Å². The van der Waals surface area contributed by atoms with Gasteiger partial charge in [0.1, 0.15) is 0 Å². The molecule has 0 heterocycles. The molecule has 128 valence electrons. The molecule has 1 atom stereocenters. The van der Waals surface area contributed by atoms with Crippen LogP contribution in [0.25, 0.3) is 6.08 Å². The third-order valence-electron chi connectivity index (χ3n) is 3.40. The maximum Gasteiger partial charge on any atom is 0.333 e. The van der Waals surface area contributed by atoms with E-state index in [1.54, 1.807) is 36.4 Å². The van der Waals surface area contributed by atoms with Crippen LogP contribution in [0.2, 0.25) is 0 Å². The first kappa shape index (κ1) is 17.9. The number of carbonyl (C=O) groups excluding carboxylic acids is 2. The molecule has 0 fully saturated rings. The Kier molecular flexibility index (Phi) is 6.00. The Morgan fingerprint density at radius 3 is 2.40 bits per heavy atom. The van der Waals surface area contributed by atoms with Crippen molar-refractivity contribution >= 4 is 23.6 Å². The molecule has 0 aliphatic heterocycles. The molecular formula is C18H16N2O5. The summed E-state index contributed by atoms with van der Waals surface area (Å²) in [5.74, 6) is -1.18. The smallest absolute Gasteiger partial charge is 0.333 e. The molecule has 7 nitrogen and oxygen atoms in total. The van der Waals surface area contributed by atoms with Crippen LogP contribution in [0.15, 0.2) is 60.7 Å². The zero-order valence-electron chi connectivity index (χ0n) is 13.4. The second-order valence-electron chi connectivity index (χ2n) is 5.02. The standard InChI is InChI=1S/C18H16N2O5/c1-25-18(22)17(14-8-3-2-4-9-14)19-16(21)12-11-13-7-5-6-10-15(13)20(23)24/h2-12,17H,1H3,(H,19,21). The lowest BCUT2D eigenvalue weighted by Crippen LogP contribution is -2.33. The highest BCUT2D eigenvalue weighted by atomic mass is 16.6. The van der Waals surface area contributed by atoms with Gasteiger partial charge in [-0.05, 0) is 17.7 Å². The van der Waals surface area contributed by atoms with Crippen molar-refractivity contribution in [2.24, 2.45) is 0 Å². The Bertz CT molecular complexity index is 802. The van der Waals surface area contributed by atoms with Crippen LogP contribution >= 0.6 is 0 Å². The second kappa shape index (κ2) is 8.39. The highest BCUT2D eigenvalue weighted by molar-refractivity contribution is 5.95. The van der Waals surface area contributed by atoms with E-state index >= 15 is 0 Å². The number of carbonyl (C=O) groups is 2. The summed E-state index contributed by atoms with van der Waals surface area (Å²) < 4.78 is 4.71. The van der Waals surface area contributed by atoms with E-state index in [4.69, 9.17) is 4.74 Å². The van der Waals surface area contributed by atoms with E-state index < -0.39 is 22.8 Å². The number of hydrogen-bond acceptors (Lipinski definition) is 5. The number of nitrogens with one attached hydrogen (secondary N) is 1. The van der Waals surface area contributed by atoms with Gasteiger partial charge < -0.3 is 10.1 Å². The summed E-state index contributed by atoms with van der Waals surface area (Å²) in [6.45, 7) is 0. The molecule has 1 unspecified atom stereocenters. The summed E-state index contributed by atoms with van der Waals surface area (Å²) in [4.78, 5) is 34.5. The first-order chi connectivity index (χ1) is 12.0. The Hall–Kier alpha value is -3.48. The van der Waals surface area contributed by atoms with E-state index in [0.717, 1.165) is 6.08 Å². The van der Waals surface area contributed by atoms with E-state index in [-0.39, 0.29) is 11.3 Å². The van der Waals surface area contributed by atoms with E-state index in [1.165, 1.54) is 31.4 Å². The molecule has 25 heavy (non-hydrogen) atoms. The van der Waals surface area contributed by atoms with Crippen molar-refractivity contribution in [3.8, 4) is 0 Å². The fraction of sp³-hybridized carbons (Fsp3) is 0.111. The van der Waals surface area contributed by atoms with Crippen LogP contribution in [0, 0.1) is 10.1 Å². The van der Waals surface area contributed by atoms with Gasteiger partial charge in [-0.1, -0.05) is 42.5 Å². The molecule has 2 rings (SSSR count). The molecule has 0 aliphatic rings. The number of nitrogens with zero attached hydrogens (tertiary/aromatic N) is 1. The predicted molar refractivity (Wildman–Crippen MR) is 91.5 cm³/mol. The Morgan fingerprint density at radius 1 is 1.12 bits per heavy atom. The average Bonchev–Trinajstić information content (AvgIpc) is 2.64. The third kappa shape index (κ3) is 4.74. The summed E-state index contributed by atoms with van der Waals surface area (Å²) in [5.41, 5.74) is 0.748. The molecule has 2 aromatic carbocycles. The number of esters is 1. The normalized spacial score (nSPS) is 11.7. The fourth-order valence-electron chi connectivity index (χ4n) is 2.19. The molecule has 2 aromatic rings. The number of methoxy groups -OCH3 is 1. The quantitative estimate of drug-likeness (QED) is 0.377. The molecule has 7 heteroatoms. The minimum absolute atomic E-state index is 0.112. The predicted octanol–water partition coefficient (Wildman–Crippen LogP) is 2.64. The van der Waals surface area contributed by atoms with E-state index in [9.17, 15) is 19.7 Å². The van der Waals surface area contributed by atoms with Crippen molar-refractivity contribution in [3.05, 3.63) is 81.9 Å². The molecule has 1 N–H and O–H groups in total. The van der Waals surface area contributed by atoms with Crippen LogP contribution in [0.1, 0.15) is 17.2 Å². The molecule has 0 radical (unpaired) electrons. The molecule has 0 aromatic heterocycles. The van der Waals surface area contributed by atoms with Gasteiger partial charge in [-0.25, -0.2) is 4.79 Å². The number of hydrogen-bond donors (Lipinski definition) is 1. The van der Waals surface area contributed by atoms with Gasteiger partial charge in [0.05, 0.1) is 17.6 Å². The zero-order valence-corrected chi connectivity index (χ0v) is 13.4. The van der Waals surface area contributed by atoms with Crippen molar-refractivity contribution < 1.29 is 19.2 Å². The minimum Gasteiger partial charge on any atom is -0.467 e. The van der Waals surface area contributed by atoms with Crippen LogP contribution in [-0.2, 0) is 14.3 Å². The van der Waals surface area contributed by atoms with Crippen LogP contribution in [0.4, 0.5) is 5.69 Å². The molecule has 0 spiro atoms. The number of para-hydroxylation sites is 1. The average molecular weight is 340 g/mol. The van der Waals surface area contributed by atoms with Crippen molar-refractivity contribution in [1.82, 2.24) is 5.32 Å². The first-order valence-electron chi connectivity index (χ1n) is 7.37. The molecule has 0 aliphatic carbocycles. The van der Waals surface area contributed by atoms with E-state index in [1.807, 2.05) is 0 Å². The summed E-state index contributed by atoms with van der Waals surface area (Å²) in [5, 5.41) is 13.5. The van der Waals surface area contributed by atoms with Gasteiger partial charge in [0.25, 0.3) is 5.69 Å². The molecule has 0 saturated carbocycles. The number of nitro benzene ring substituents is 1. The van der Waals surface area contributed by atoms with Gasteiger partial charge >= 0.3 is 5.97 Å². The Labute approximate surface area is 144 Å². The van der Waals surface area contributed by atoms with Crippen molar-refractivity contribution in [2.75, 3.05) is 7.11 Å². The zero-order chi connectivity index (χ0) is 18.2. The summed E-state index contributed by atoms with van der Waals surface area (Å²) >= 11 is 0. The second-order valence-corrected chi connectivity index (χ2v) is 5.02. The molecule has 0 bridgehead atoms. The largest absolute Gasteiger partial charge is 0.467 e. The van der Waals surface area contributed by atoms with E-state index in [2.05, 4.69) is 5.32 Å². The minimum atomic E-state index is -0.964. The maximum atomic E-state index is 12.1. The Morgan fingerprint density at radius 2 is 1.76 bits per heavy atom. The SMILES string of the molecule is COC(=O)C(NC(=O)C=Cc1ccccc1[N+](=O)[O-])c1ccccc1. The summed E-state index contributed by atoms with van der Waals surface area (Å²) in [6.07, 6.45) is 2.47. The molecule has 0 saturated heterocycles. The third-order valence-corrected chi connectivity index (χ3v) is 3.40. The van der Waals surface area contributed by atoms with Crippen molar-refractivity contribution in [3.63, 3.8) is 0 Å². The first-order valence-corrected chi connectivity index (χ1v) is 7.37. The lowest BCUT2D eigenvalue weighted by Gasteiger charge is -2.15. The van der Waals surface area contributed by atoms with Crippen LogP contribution < -0.4 is 5.32 Å². The highest BCUT2D eigenvalue weighted by Crippen LogP contribution is 2.19. The van der Waals surface area contributed by atoms with Gasteiger partial charge in [-0.15, -0.1) is 0 Å². The monoisotopic (exact) mass is 340 g/mol. The lowest BCUT2D eigenvalue weighted by molar-refractivity contribution is -0.385. The number of benzene rings is 2. The summed E-state index contributed by atoms with van der Waals surface area (Å²) in [7, 11) is 1.23. The number of nitro groups is 1. The number of ether oxygens (including phenoxy) is 1. The summed E-state index contributed by atoms with van der Waals surface area (Å²) in [6, 6.07) is 13.7. The lowest BCUT2D eigenvalue weighted by atomic mass is 10.1. The van der Waals surface area contributed by atoms with Gasteiger partial charge in [0.15, 0.2) is 6.04 Å². The van der Waals surface area contributed by atoms with Gasteiger partial charge in [0.2, 0.25) is 5.91 Å². The van der Waals surface area contributed by atoms with Crippen LogP contribution in [-0.4, -0.2) is 23.9 Å². The van der Waals surface area contributed by atoms with Crippen molar-refractivity contribution in [2.45, 2.75) is 6.04 Å². The Balaban J connectivity index is 2.17. The fourth-order valence-corrected chi connectivity index (χ4v) is 2.19. The molecular weight excluding hydrogens is 324 g/mol. The molecule has 1 amide bonds. The maximum absolute atomic E-state index is 12.1. The number of amides is 1. The number of rotatable bonds is 6. The van der Waals surface area contributed by atoms with Gasteiger partial charge in [-0.2, -0.15) is 0 Å². The van der Waals surface area contributed by atoms with E-state index in [0.29, 0.717) is 5.56 Å². The van der Waals surface area contributed by atoms with Crippen LogP contribution in [0.5, 0.6) is 0 Å². The highest BCUT2D eigenvalue weighted by Gasteiger charge is 2.22.